The molecule has 0 heterocycles. The number of benzene rings is 2. The minimum atomic E-state index is -0.544. The lowest BCUT2D eigenvalue weighted by Crippen LogP contribution is -2.27. The predicted molar refractivity (Wildman–Crippen MR) is 105 cm³/mol. The molecule has 0 aromatic heterocycles. The molecule has 0 aliphatic rings. The van der Waals surface area contributed by atoms with Crippen molar-refractivity contribution < 1.29 is 9.53 Å². The van der Waals surface area contributed by atoms with Gasteiger partial charge >= 0.3 is 6.09 Å². The zero-order valence-electron chi connectivity index (χ0n) is 15.6. The van der Waals surface area contributed by atoms with Crippen molar-refractivity contribution >= 4 is 28.8 Å². The molecule has 0 fully saturated rings. The third kappa shape index (κ3) is 5.14. The standard InChI is InChI=1S/C20H27N3O2/c1-6-23(16-10-7-14(2)8-11-16)18-13-15(9-12-17(18)21)22-19(24)25-20(3,4)5/h7-13H,6,21H2,1-5H3,(H,22,24). The molecule has 3 N–H and O–H groups in total. The van der Waals surface area contributed by atoms with Crippen LogP contribution in [0.5, 0.6) is 0 Å². The Morgan fingerprint density at radius 1 is 1.16 bits per heavy atom. The summed E-state index contributed by atoms with van der Waals surface area (Å²) in [6.45, 7) is 10.4. The van der Waals surface area contributed by atoms with Gasteiger partial charge in [-0.15, -0.1) is 0 Å². The van der Waals surface area contributed by atoms with Crippen LogP contribution in [0.15, 0.2) is 42.5 Å². The number of nitrogens with one attached hydrogen (secondary N) is 1. The number of aryl methyl sites for hydroxylation is 1. The highest BCUT2D eigenvalue weighted by Gasteiger charge is 2.17. The summed E-state index contributed by atoms with van der Waals surface area (Å²) in [6, 6.07) is 13.7. The lowest BCUT2D eigenvalue weighted by atomic mass is 10.1. The molecule has 0 aliphatic heterocycles. The van der Waals surface area contributed by atoms with E-state index in [1.54, 1.807) is 12.1 Å². The second-order valence-corrected chi connectivity index (χ2v) is 6.98. The number of hydrogen-bond acceptors (Lipinski definition) is 4. The van der Waals surface area contributed by atoms with Gasteiger partial charge in [0.15, 0.2) is 0 Å². The molecular formula is C20H27N3O2. The van der Waals surface area contributed by atoms with Gasteiger partial charge in [0, 0.05) is 17.9 Å². The van der Waals surface area contributed by atoms with E-state index < -0.39 is 11.7 Å². The topological polar surface area (TPSA) is 67.6 Å². The van der Waals surface area contributed by atoms with E-state index in [-0.39, 0.29) is 0 Å². The Labute approximate surface area is 149 Å². The highest BCUT2D eigenvalue weighted by atomic mass is 16.6. The second-order valence-electron chi connectivity index (χ2n) is 6.98. The average Bonchev–Trinajstić information content (AvgIpc) is 2.51. The van der Waals surface area contributed by atoms with E-state index in [0.717, 1.165) is 17.9 Å². The third-order valence-corrected chi connectivity index (χ3v) is 3.63. The van der Waals surface area contributed by atoms with Crippen molar-refractivity contribution in [1.29, 1.82) is 0 Å². The number of ether oxygens (including phenoxy) is 1. The molecule has 5 nitrogen and oxygen atoms in total. The Hall–Kier alpha value is -2.69. The summed E-state index contributed by atoms with van der Waals surface area (Å²) in [6.07, 6.45) is -0.485. The minimum Gasteiger partial charge on any atom is -0.444 e. The van der Waals surface area contributed by atoms with E-state index in [0.29, 0.717) is 11.4 Å². The number of nitrogens with zero attached hydrogens (tertiary/aromatic N) is 1. The Balaban J connectivity index is 2.28. The summed E-state index contributed by atoms with van der Waals surface area (Å²) in [4.78, 5) is 14.1. The van der Waals surface area contributed by atoms with Gasteiger partial charge in [-0.05, 0) is 65.0 Å². The van der Waals surface area contributed by atoms with Crippen molar-refractivity contribution in [2.75, 3.05) is 22.5 Å². The molecule has 0 radical (unpaired) electrons. The van der Waals surface area contributed by atoms with E-state index in [2.05, 4.69) is 48.3 Å². The van der Waals surface area contributed by atoms with E-state index in [9.17, 15) is 4.79 Å². The van der Waals surface area contributed by atoms with Gasteiger partial charge in [-0.2, -0.15) is 0 Å². The maximum atomic E-state index is 12.0. The first-order valence-corrected chi connectivity index (χ1v) is 8.43. The van der Waals surface area contributed by atoms with Crippen LogP contribution in [0, 0.1) is 6.92 Å². The molecular weight excluding hydrogens is 314 g/mol. The van der Waals surface area contributed by atoms with Gasteiger partial charge in [0.2, 0.25) is 0 Å². The highest BCUT2D eigenvalue weighted by Crippen LogP contribution is 2.33. The first-order chi connectivity index (χ1) is 11.7. The lowest BCUT2D eigenvalue weighted by Gasteiger charge is -2.26. The van der Waals surface area contributed by atoms with Gasteiger partial charge in [-0.25, -0.2) is 4.79 Å². The van der Waals surface area contributed by atoms with E-state index in [1.807, 2.05) is 26.8 Å². The highest BCUT2D eigenvalue weighted by molar-refractivity contribution is 5.88. The van der Waals surface area contributed by atoms with Crippen LogP contribution in [0.1, 0.15) is 33.3 Å². The summed E-state index contributed by atoms with van der Waals surface area (Å²) < 4.78 is 5.30. The molecule has 5 heteroatoms. The van der Waals surface area contributed by atoms with E-state index >= 15 is 0 Å². The van der Waals surface area contributed by atoms with Crippen LogP contribution in [0.3, 0.4) is 0 Å². The number of carbonyl (C=O) groups excluding carboxylic acids is 1. The normalized spacial score (nSPS) is 11.1. The summed E-state index contributed by atoms with van der Waals surface area (Å²) in [7, 11) is 0. The van der Waals surface area contributed by atoms with Crippen LogP contribution in [0.4, 0.5) is 27.5 Å². The van der Waals surface area contributed by atoms with Gasteiger partial charge in [0.25, 0.3) is 0 Å². The van der Waals surface area contributed by atoms with E-state index in [4.69, 9.17) is 10.5 Å². The number of nitrogen functional groups attached to an aromatic ring is 1. The Kier molecular flexibility index (Phi) is 5.57. The molecule has 0 spiro atoms. The molecule has 0 saturated heterocycles. The van der Waals surface area contributed by atoms with Crippen LogP contribution < -0.4 is 16.0 Å². The number of nitrogens with two attached hydrogens (primary N) is 1. The van der Waals surface area contributed by atoms with Crippen LogP contribution in [0.2, 0.25) is 0 Å². The fourth-order valence-electron chi connectivity index (χ4n) is 2.49. The maximum Gasteiger partial charge on any atom is 0.412 e. The summed E-state index contributed by atoms with van der Waals surface area (Å²) in [5, 5.41) is 2.76. The first-order valence-electron chi connectivity index (χ1n) is 8.43. The minimum absolute atomic E-state index is 0.485. The number of amides is 1. The molecule has 0 bridgehead atoms. The molecule has 0 aliphatic carbocycles. The van der Waals surface area contributed by atoms with Crippen molar-refractivity contribution in [3.8, 4) is 0 Å². The monoisotopic (exact) mass is 341 g/mol. The Bertz CT molecular complexity index is 734. The zero-order valence-corrected chi connectivity index (χ0v) is 15.6. The summed E-state index contributed by atoms with van der Waals surface area (Å²) in [5.41, 5.74) is 10.0. The Morgan fingerprint density at radius 3 is 2.36 bits per heavy atom. The van der Waals surface area contributed by atoms with Gasteiger partial charge in [0.1, 0.15) is 5.60 Å². The van der Waals surface area contributed by atoms with E-state index in [1.165, 1.54) is 5.56 Å². The van der Waals surface area contributed by atoms with Crippen molar-refractivity contribution in [3.63, 3.8) is 0 Å². The van der Waals surface area contributed by atoms with Gasteiger partial charge in [-0.1, -0.05) is 17.7 Å². The number of anilines is 4. The largest absolute Gasteiger partial charge is 0.444 e. The fraction of sp³-hybridized carbons (Fsp3) is 0.350. The number of hydrogen-bond donors (Lipinski definition) is 2. The third-order valence-electron chi connectivity index (χ3n) is 3.63. The summed E-state index contributed by atoms with van der Waals surface area (Å²) >= 11 is 0. The van der Waals surface area contributed by atoms with Gasteiger partial charge < -0.3 is 15.4 Å². The second kappa shape index (κ2) is 7.47. The molecule has 0 saturated carbocycles. The van der Waals surface area contributed by atoms with Crippen molar-refractivity contribution in [2.24, 2.45) is 0 Å². The fourth-order valence-corrected chi connectivity index (χ4v) is 2.49. The molecule has 2 aromatic carbocycles. The van der Waals surface area contributed by atoms with Gasteiger partial charge in [-0.3, -0.25) is 5.32 Å². The van der Waals surface area contributed by atoms with Crippen molar-refractivity contribution in [2.45, 2.75) is 40.2 Å². The Morgan fingerprint density at radius 2 is 1.80 bits per heavy atom. The lowest BCUT2D eigenvalue weighted by molar-refractivity contribution is 0.0636. The SMILES string of the molecule is CCN(c1ccc(C)cc1)c1cc(NC(=O)OC(C)(C)C)ccc1N. The molecule has 25 heavy (non-hydrogen) atoms. The number of carbonyl (C=O) groups is 1. The maximum absolute atomic E-state index is 12.0. The van der Waals surface area contributed by atoms with Crippen LogP contribution in [-0.2, 0) is 4.74 Å². The molecule has 0 unspecified atom stereocenters. The van der Waals surface area contributed by atoms with Crippen molar-refractivity contribution in [1.82, 2.24) is 0 Å². The first kappa shape index (κ1) is 18.6. The van der Waals surface area contributed by atoms with Crippen LogP contribution >= 0.6 is 0 Å². The summed E-state index contributed by atoms with van der Waals surface area (Å²) in [5.74, 6) is 0. The zero-order chi connectivity index (χ0) is 18.6. The molecule has 1 amide bonds. The van der Waals surface area contributed by atoms with Crippen molar-refractivity contribution in [3.05, 3.63) is 48.0 Å². The predicted octanol–water partition coefficient (Wildman–Crippen LogP) is 5.08. The molecule has 134 valence electrons. The molecule has 0 atom stereocenters. The average molecular weight is 341 g/mol. The van der Waals surface area contributed by atoms with Gasteiger partial charge in [0.05, 0.1) is 11.4 Å². The molecule has 2 rings (SSSR count). The number of rotatable bonds is 4. The molecule has 2 aromatic rings. The quantitative estimate of drug-likeness (QED) is 0.761. The van der Waals surface area contributed by atoms with Crippen LogP contribution in [0.25, 0.3) is 0 Å². The van der Waals surface area contributed by atoms with Crippen LogP contribution in [-0.4, -0.2) is 18.2 Å². The smallest absolute Gasteiger partial charge is 0.412 e.